The maximum atomic E-state index is 14.0. The van der Waals surface area contributed by atoms with Crippen LogP contribution in [0.3, 0.4) is 0 Å². The second-order valence-electron chi connectivity index (χ2n) is 13.0. The van der Waals surface area contributed by atoms with Gasteiger partial charge in [0.1, 0.15) is 22.8 Å². The van der Waals surface area contributed by atoms with E-state index in [9.17, 15) is 34.8 Å². The number of aliphatic hydroxyl groups excluding tert-OH is 2. The lowest BCUT2D eigenvalue weighted by Crippen LogP contribution is -2.63. The number of nitrogens with zero attached hydrogens (tertiary/aromatic N) is 1. The van der Waals surface area contributed by atoms with Gasteiger partial charge in [-0.3, -0.25) is 19.3 Å². The van der Waals surface area contributed by atoms with Crippen molar-refractivity contribution in [2.75, 3.05) is 14.1 Å². The molecule has 1 fully saturated rings. The molecule has 6 unspecified atom stereocenters. The van der Waals surface area contributed by atoms with Gasteiger partial charge in [0.2, 0.25) is 5.78 Å². The number of benzene rings is 2. The van der Waals surface area contributed by atoms with Crippen molar-refractivity contribution < 1.29 is 34.8 Å². The number of rotatable bonds is 5. The second kappa shape index (κ2) is 10.3. The largest absolute Gasteiger partial charge is 0.510 e. The molecule has 2 aromatic carbocycles. The van der Waals surface area contributed by atoms with Crippen molar-refractivity contribution in [1.29, 1.82) is 0 Å². The molecule has 0 bridgehead atoms. The minimum absolute atomic E-state index is 0.0159. The molecule has 4 aliphatic carbocycles. The fourth-order valence-corrected chi connectivity index (χ4v) is 8.17. The second-order valence-corrected chi connectivity index (χ2v) is 13.0. The predicted molar refractivity (Wildman–Crippen MR) is 159 cm³/mol. The molecule has 1 amide bonds. The van der Waals surface area contributed by atoms with Crippen LogP contribution in [0.15, 0.2) is 59.1 Å². The van der Waals surface area contributed by atoms with E-state index in [0.29, 0.717) is 17.4 Å². The molecule has 0 saturated heterocycles. The van der Waals surface area contributed by atoms with E-state index in [4.69, 9.17) is 5.73 Å². The minimum atomic E-state index is -2.65. The molecule has 43 heavy (non-hydrogen) atoms. The molecule has 1 saturated carbocycles. The summed E-state index contributed by atoms with van der Waals surface area (Å²) >= 11 is 0. The van der Waals surface area contributed by atoms with E-state index in [1.54, 1.807) is 25.1 Å². The highest BCUT2D eigenvalue weighted by Crippen LogP contribution is 2.53. The van der Waals surface area contributed by atoms with Gasteiger partial charge in [0.05, 0.1) is 11.6 Å². The van der Waals surface area contributed by atoms with Crippen LogP contribution in [0.5, 0.6) is 5.75 Å². The number of aliphatic hydroxyl groups is 3. The number of fused-ring (bicyclic) bond motifs is 3. The van der Waals surface area contributed by atoms with Crippen molar-refractivity contribution >= 4 is 17.5 Å². The van der Waals surface area contributed by atoms with Gasteiger partial charge in [0, 0.05) is 11.5 Å². The van der Waals surface area contributed by atoms with Crippen LogP contribution in [0, 0.1) is 23.7 Å². The number of carbonyl (C=O) groups excluding carboxylic acids is 3. The monoisotopic (exact) mass is 586 g/mol. The molecule has 0 heterocycles. The Bertz CT molecular complexity index is 1610. The van der Waals surface area contributed by atoms with Crippen LogP contribution in [0.25, 0.3) is 11.1 Å². The van der Waals surface area contributed by atoms with Crippen LogP contribution in [0.1, 0.15) is 54.1 Å². The van der Waals surface area contributed by atoms with Crippen LogP contribution < -0.4 is 5.73 Å². The van der Waals surface area contributed by atoms with E-state index < -0.39 is 58.0 Å². The van der Waals surface area contributed by atoms with Gasteiger partial charge in [-0.25, -0.2) is 0 Å². The van der Waals surface area contributed by atoms with Gasteiger partial charge in [0.25, 0.3) is 5.91 Å². The fraction of sp³-hybridized carbons (Fsp3) is 0.441. The van der Waals surface area contributed by atoms with E-state index in [0.717, 1.165) is 17.5 Å². The lowest BCUT2D eigenvalue weighted by Gasteiger charge is -2.50. The Morgan fingerprint density at radius 1 is 1.05 bits per heavy atom. The quantitative estimate of drug-likeness (QED) is 0.331. The van der Waals surface area contributed by atoms with Crippen molar-refractivity contribution in [3.63, 3.8) is 0 Å². The zero-order valence-electron chi connectivity index (χ0n) is 24.6. The molecule has 2 aromatic rings. The first-order chi connectivity index (χ1) is 20.4. The molecular formula is C34H38N2O7. The number of hydrogen-bond donors (Lipinski definition) is 5. The van der Waals surface area contributed by atoms with Gasteiger partial charge in [-0.15, -0.1) is 0 Å². The first-order valence-electron chi connectivity index (χ1n) is 14.9. The average Bonchev–Trinajstić information content (AvgIpc) is 3.35. The fourth-order valence-electron chi connectivity index (χ4n) is 8.17. The van der Waals surface area contributed by atoms with Gasteiger partial charge >= 0.3 is 0 Å². The van der Waals surface area contributed by atoms with Crippen LogP contribution in [-0.2, 0) is 22.4 Å². The molecule has 6 atom stereocenters. The molecule has 0 spiro atoms. The third-order valence-electron chi connectivity index (χ3n) is 10.4. The Morgan fingerprint density at radius 2 is 1.74 bits per heavy atom. The zero-order valence-corrected chi connectivity index (χ0v) is 24.6. The highest BCUT2D eigenvalue weighted by molar-refractivity contribution is 6.24. The van der Waals surface area contributed by atoms with Gasteiger partial charge in [-0.05, 0) is 85.9 Å². The average molecular weight is 587 g/mol. The van der Waals surface area contributed by atoms with Crippen molar-refractivity contribution in [3.05, 3.63) is 75.8 Å². The number of ketones is 2. The van der Waals surface area contributed by atoms with Gasteiger partial charge in [-0.2, -0.15) is 0 Å². The molecular weight excluding hydrogens is 548 g/mol. The highest BCUT2D eigenvalue weighted by Gasteiger charge is 2.63. The first-order valence-corrected chi connectivity index (χ1v) is 14.9. The topological polar surface area (TPSA) is 161 Å². The summed E-state index contributed by atoms with van der Waals surface area (Å²) in [4.78, 5) is 41.2. The molecule has 6 N–H and O–H groups in total. The number of phenolic OH excluding ortho intramolecular Hbond substituents is 1. The molecule has 9 heteroatoms. The molecule has 9 nitrogen and oxygen atoms in total. The number of hydrogen-bond acceptors (Lipinski definition) is 8. The Kier molecular flexibility index (Phi) is 7.01. The molecule has 4 aliphatic rings. The Balaban J connectivity index is 1.42. The number of nitrogens with two attached hydrogens (primary N) is 1. The van der Waals surface area contributed by atoms with Gasteiger partial charge in [-0.1, -0.05) is 50.1 Å². The molecule has 6 rings (SSSR count). The molecule has 0 aromatic heterocycles. The lowest BCUT2D eigenvalue weighted by molar-refractivity contribution is -0.148. The summed E-state index contributed by atoms with van der Waals surface area (Å²) in [6.45, 7) is 2.32. The Labute approximate surface area is 250 Å². The third kappa shape index (κ3) is 4.32. The number of carbonyl (C=O) groups is 3. The van der Waals surface area contributed by atoms with Crippen LogP contribution >= 0.6 is 0 Å². The van der Waals surface area contributed by atoms with Crippen molar-refractivity contribution in [1.82, 2.24) is 4.90 Å². The Hall–Kier alpha value is -3.95. The highest BCUT2D eigenvalue weighted by atomic mass is 16.3. The number of phenols is 1. The van der Waals surface area contributed by atoms with Crippen LogP contribution in [-0.4, -0.2) is 68.5 Å². The first kappa shape index (κ1) is 29.1. The summed E-state index contributed by atoms with van der Waals surface area (Å²) in [5.41, 5.74) is 5.35. The maximum absolute atomic E-state index is 14.0. The zero-order chi connectivity index (χ0) is 31.0. The number of likely N-dealkylation sites (N-methyl/N-ethyl adjacent to an activating group) is 1. The molecule has 0 aliphatic heterocycles. The van der Waals surface area contributed by atoms with Gasteiger partial charge in [0.15, 0.2) is 11.4 Å². The number of primary amides is 1. The predicted octanol–water partition coefficient (Wildman–Crippen LogP) is 3.77. The number of aromatic hydroxyl groups is 1. The van der Waals surface area contributed by atoms with Crippen molar-refractivity contribution in [3.8, 4) is 16.9 Å². The summed E-state index contributed by atoms with van der Waals surface area (Å²) in [6, 6.07) is 10.5. The summed E-state index contributed by atoms with van der Waals surface area (Å²) in [7, 11) is 3.22. The number of Topliss-reactive ketones (excluding diaryl/α,β-unsaturated/α-hetero) is 2. The summed E-state index contributed by atoms with van der Waals surface area (Å²) in [5, 5.41) is 45.1. The minimum Gasteiger partial charge on any atom is -0.510 e. The summed E-state index contributed by atoms with van der Waals surface area (Å²) in [5.74, 6) is -5.15. The smallest absolute Gasteiger partial charge is 0.255 e. The standard InChI is InChI=1S/C34H38N2O7/c1-16-5-4-6-19(16)13-17-7-9-18(10-8-17)21-11-12-24(37)26-22(21)14-20-15-23-28(36(2)3)30(39)27(33(35)42)32(41)34(23,43)31(40)25(20)29(26)38/h7-12,16,19-20,23,28,37,39-40,43H,4-6,13-15H2,1-3H3,(H2,35,42). The van der Waals surface area contributed by atoms with E-state index in [-0.39, 0.29) is 29.7 Å². The summed E-state index contributed by atoms with van der Waals surface area (Å²) in [6.07, 6.45) is 5.12. The van der Waals surface area contributed by atoms with Gasteiger partial charge < -0.3 is 26.2 Å². The van der Waals surface area contributed by atoms with Crippen LogP contribution in [0.4, 0.5) is 0 Å². The molecule has 226 valence electrons. The van der Waals surface area contributed by atoms with E-state index >= 15 is 0 Å². The van der Waals surface area contributed by atoms with Crippen LogP contribution in [0.2, 0.25) is 0 Å². The maximum Gasteiger partial charge on any atom is 0.255 e. The number of amides is 1. The summed E-state index contributed by atoms with van der Waals surface area (Å²) < 4.78 is 0. The third-order valence-corrected chi connectivity index (χ3v) is 10.4. The Morgan fingerprint density at radius 3 is 2.35 bits per heavy atom. The normalized spacial score (nSPS) is 30.4. The van der Waals surface area contributed by atoms with Crippen molar-refractivity contribution in [2.24, 2.45) is 29.4 Å². The van der Waals surface area contributed by atoms with E-state index in [1.165, 1.54) is 30.9 Å². The van der Waals surface area contributed by atoms with E-state index in [1.807, 2.05) is 12.1 Å². The van der Waals surface area contributed by atoms with E-state index in [2.05, 4.69) is 19.1 Å². The molecule has 0 radical (unpaired) electrons. The number of allylic oxidation sites excluding steroid dienone is 1. The SMILES string of the molecule is CC1CCCC1Cc1ccc(-c2ccc(O)c3c2CC2CC4C(N(C)C)C(O)=C(C(N)=O)C(=O)C4(O)C(O)=C2C3=O)cc1. The lowest BCUT2D eigenvalue weighted by atomic mass is 9.58. The van der Waals surface area contributed by atoms with Crippen molar-refractivity contribution in [2.45, 2.75) is 57.1 Å².